The zero-order valence-corrected chi connectivity index (χ0v) is 11.7. The van der Waals surface area contributed by atoms with E-state index in [-0.39, 0.29) is 16.8 Å². The molecule has 0 spiro atoms. The topological polar surface area (TPSA) is 84.2 Å². The van der Waals surface area contributed by atoms with Crippen molar-refractivity contribution in [3.63, 3.8) is 0 Å². The predicted molar refractivity (Wildman–Crippen MR) is 74.0 cm³/mol. The van der Waals surface area contributed by atoms with Crippen LogP contribution < -0.4 is 16.4 Å². The SMILES string of the molecule is CCC(CC)(C(=O)NC1CCCNC1=O)C(N)=S. The van der Waals surface area contributed by atoms with E-state index >= 15 is 0 Å². The first-order valence-electron chi connectivity index (χ1n) is 6.36. The molecule has 5 nitrogen and oxygen atoms in total. The minimum absolute atomic E-state index is 0.126. The van der Waals surface area contributed by atoms with Gasteiger partial charge in [-0.1, -0.05) is 26.1 Å². The zero-order valence-electron chi connectivity index (χ0n) is 10.9. The third-order valence-electron chi connectivity index (χ3n) is 3.70. The number of hydrogen-bond donors (Lipinski definition) is 3. The molecule has 1 rings (SSSR count). The number of nitrogens with one attached hydrogen (secondary N) is 2. The van der Waals surface area contributed by atoms with E-state index < -0.39 is 11.5 Å². The summed E-state index contributed by atoms with van der Waals surface area (Å²) in [6, 6.07) is -0.460. The molecule has 2 amide bonds. The largest absolute Gasteiger partial charge is 0.392 e. The number of carbonyl (C=O) groups is 2. The molecule has 102 valence electrons. The first-order chi connectivity index (χ1) is 8.47. The minimum Gasteiger partial charge on any atom is -0.392 e. The summed E-state index contributed by atoms with van der Waals surface area (Å²) in [6.07, 6.45) is 2.62. The summed E-state index contributed by atoms with van der Waals surface area (Å²) in [5.41, 5.74) is 4.86. The van der Waals surface area contributed by atoms with Gasteiger partial charge >= 0.3 is 0 Å². The van der Waals surface area contributed by atoms with Crippen LogP contribution in [0.4, 0.5) is 0 Å². The molecular weight excluding hydrogens is 250 g/mol. The highest BCUT2D eigenvalue weighted by Gasteiger charge is 2.40. The fourth-order valence-electron chi connectivity index (χ4n) is 2.24. The van der Waals surface area contributed by atoms with Crippen molar-refractivity contribution in [3.05, 3.63) is 0 Å². The van der Waals surface area contributed by atoms with E-state index in [1.807, 2.05) is 13.8 Å². The highest BCUT2D eigenvalue weighted by Crippen LogP contribution is 2.27. The molecule has 0 saturated carbocycles. The second-order valence-electron chi connectivity index (χ2n) is 4.61. The van der Waals surface area contributed by atoms with E-state index in [0.717, 1.165) is 6.42 Å². The molecule has 1 heterocycles. The number of piperidine rings is 1. The Morgan fingerprint density at radius 2 is 2.17 bits per heavy atom. The van der Waals surface area contributed by atoms with Gasteiger partial charge in [-0.15, -0.1) is 0 Å². The third kappa shape index (κ3) is 2.80. The van der Waals surface area contributed by atoms with Gasteiger partial charge in [0.05, 0.1) is 10.4 Å². The van der Waals surface area contributed by atoms with Crippen LogP contribution in [0.25, 0.3) is 0 Å². The van der Waals surface area contributed by atoms with E-state index in [2.05, 4.69) is 10.6 Å². The molecule has 0 bridgehead atoms. The number of rotatable bonds is 5. The van der Waals surface area contributed by atoms with E-state index in [9.17, 15) is 9.59 Å². The maximum Gasteiger partial charge on any atom is 0.242 e. The summed E-state index contributed by atoms with van der Waals surface area (Å²) in [4.78, 5) is 24.1. The van der Waals surface area contributed by atoms with Gasteiger partial charge in [0.1, 0.15) is 6.04 Å². The number of carbonyl (C=O) groups excluding carboxylic acids is 2. The molecule has 1 saturated heterocycles. The predicted octanol–water partition coefficient (Wildman–Crippen LogP) is 0.474. The molecule has 6 heteroatoms. The molecule has 0 aromatic carbocycles. The van der Waals surface area contributed by atoms with Crippen LogP contribution in [0.15, 0.2) is 0 Å². The van der Waals surface area contributed by atoms with Crippen LogP contribution in [0.3, 0.4) is 0 Å². The lowest BCUT2D eigenvalue weighted by atomic mass is 9.81. The van der Waals surface area contributed by atoms with Gasteiger partial charge in [0.25, 0.3) is 0 Å². The second kappa shape index (κ2) is 6.13. The van der Waals surface area contributed by atoms with Crippen LogP contribution in [0.5, 0.6) is 0 Å². The van der Waals surface area contributed by atoms with E-state index in [1.54, 1.807) is 0 Å². The van der Waals surface area contributed by atoms with Crippen molar-refractivity contribution < 1.29 is 9.59 Å². The standard InChI is InChI=1S/C12H21N3O2S/c1-3-12(4-2,10(13)18)11(17)15-8-6-5-7-14-9(8)16/h8H,3-7H2,1-2H3,(H2,13,18)(H,14,16)(H,15,17). The van der Waals surface area contributed by atoms with Crippen molar-refractivity contribution in [2.75, 3.05) is 6.54 Å². The maximum atomic E-state index is 12.3. The summed E-state index contributed by atoms with van der Waals surface area (Å²) in [5, 5.41) is 5.51. The molecule has 0 aromatic rings. The van der Waals surface area contributed by atoms with Crippen LogP contribution in [0, 0.1) is 5.41 Å². The number of amides is 2. The first-order valence-corrected chi connectivity index (χ1v) is 6.77. The molecule has 1 fully saturated rings. The van der Waals surface area contributed by atoms with E-state index in [1.165, 1.54) is 0 Å². The molecule has 18 heavy (non-hydrogen) atoms. The van der Waals surface area contributed by atoms with E-state index in [0.29, 0.717) is 25.8 Å². The number of hydrogen-bond acceptors (Lipinski definition) is 3. The Kier molecular flexibility index (Phi) is 5.07. The minimum atomic E-state index is -0.840. The average Bonchev–Trinajstić information content (AvgIpc) is 2.34. The number of thiocarbonyl (C=S) groups is 1. The first kappa shape index (κ1) is 14.9. The lowest BCUT2D eigenvalue weighted by Crippen LogP contribution is -2.56. The van der Waals surface area contributed by atoms with Crippen molar-refractivity contribution in [1.29, 1.82) is 0 Å². The second-order valence-corrected chi connectivity index (χ2v) is 5.05. The molecule has 0 aliphatic carbocycles. The molecule has 0 aromatic heterocycles. The van der Waals surface area contributed by atoms with Crippen molar-refractivity contribution >= 4 is 29.0 Å². The molecule has 4 N–H and O–H groups in total. The Bertz CT molecular complexity index is 353. The lowest BCUT2D eigenvalue weighted by Gasteiger charge is -2.32. The molecule has 0 radical (unpaired) electrons. The summed E-state index contributed by atoms with van der Waals surface area (Å²) >= 11 is 5.02. The lowest BCUT2D eigenvalue weighted by molar-refractivity contribution is -0.133. The average molecular weight is 271 g/mol. The zero-order chi connectivity index (χ0) is 13.8. The quantitative estimate of drug-likeness (QED) is 0.635. The number of nitrogens with two attached hydrogens (primary N) is 1. The molecule has 1 unspecified atom stereocenters. The smallest absolute Gasteiger partial charge is 0.242 e. The van der Waals surface area contributed by atoms with Gasteiger partial charge in [0, 0.05) is 6.54 Å². The third-order valence-corrected chi connectivity index (χ3v) is 4.09. The fourth-order valence-corrected chi connectivity index (χ4v) is 2.62. The summed E-state index contributed by atoms with van der Waals surface area (Å²) in [5.74, 6) is -0.360. The van der Waals surface area contributed by atoms with Gasteiger partial charge in [0.2, 0.25) is 11.8 Å². The monoisotopic (exact) mass is 271 g/mol. The highest BCUT2D eigenvalue weighted by molar-refractivity contribution is 7.80. The van der Waals surface area contributed by atoms with Crippen LogP contribution in [0.1, 0.15) is 39.5 Å². The molecule has 1 aliphatic heterocycles. The van der Waals surface area contributed by atoms with Gasteiger partial charge in [-0.3, -0.25) is 9.59 Å². The fraction of sp³-hybridized carbons (Fsp3) is 0.750. The van der Waals surface area contributed by atoms with Crippen LogP contribution in [0.2, 0.25) is 0 Å². The van der Waals surface area contributed by atoms with Crippen molar-refractivity contribution in [3.8, 4) is 0 Å². The summed E-state index contributed by atoms with van der Waals surface area (Å²) < 4.78 is 0. The van der Waals surface area contributed by atoms with Crippen LogP contribution >= 0.6 is 12.2 Å². The van der Waals surface area contributed by atoms with Gasteiger partial charge in [-0.2, -0.15) is 0 Å². The summed E-state index contributed by atoms with van der Waals surface area (Å²) in [6.45, 7) is 4.43. The van der Waals surface area contributed by atoms with E-state index in [4.69, 9.17) is 18.0 Å². The van der Waals surface area contributed by atoms with Gasteiger partial charge in [-0.05, 0) is 25.7 Å². The van der Waals surface area contributed by atoms with Gasteiger partial charge in [-0.25, -0.2) is 0 Å². The molecule has 1 atom stereocenters. The van der Waals surface area contributed by atoms with Crippen molar-refractivity contribution in [1.82, 2.24) is 10.6 Å². The Labute approximate surface area is 113 Å². The van der Waals surface area contributed by atoms with Crippen molar-refractivity contribution in [2.24, 2.45) is 11.1 Å². The Morgan fingerprint density at radius 3 is 2.61 bits per heavy atom. The van der Waals surface area contributed by atoms with Gasteiger partial charge < -0.3 is 16.4 Å². The maximum absolute atomic E-state index is 12.3. The Hall–Kier alpha value is -1.17. The Morgan fingerprint density at radius 1 is 1.56 bits per heavy atom. The normalized spacial score (nSPS) is 20.1. The van der Waals surface area contributed by atoms with Crippen LogP contribution in [-0.2, 0) is 9.59 Å². The van der Waals surface area contributed by atoms with Crippen LogP contribution in [-0.4, -0.2) is 29.4 Å². The Balaban J connectivity index is 2.78. The highest BCUT2D eigenvalue weighted by atomic mass is 32.1. The molecular formula is C12H21N3O2S. The summed E-state index contributed by atoms with van der Waals surface area (Å²) in [7, 11) is 0. The van der Waals surface area contributed by atoms with Crippen molar-refractivity contribution in [2.45, 2.75) is 45.6 Å². The van der Waals surface area contributed by atoms with Gasteiger partial charge in [0.15, 0.2) is 0 Å². The molecule has 1 aliphatic rings.